The highest BCUT2D eigenvalue weighted by molar-refractivity contribution is 9.10. The Labute approximate surface area is 187 Å². The van der Waals surface area contributed by atoms with Gasteiger partial charge in [0.2, 0.25) is 5.91 Å². The number of anilines is 1. The smallest absolute Gasteiger partial charge is 0.234 e. The standard InChI is InChI=1S/C22H22BrFN4OS/c1-14-12-15(10-11-18(14)23)25-20(29)13-30-22-27-26-21(17-8-4-5-9-19(17)24)28(22)16-6-2-3-7-16/h4-5,8-12,16H,2-3,6-7,13H2,1H3,(H,25,29). The summed E-state index contributed by atoms with van der Waals surface area (Å²) in [6.07, 6.45) is 4.29. The van der Waals surface area contributed by atoms with Crippen molar-refractivity contribution in [3.05, 3.63) is 58.3 Å². The maximum absolute atomic E-state index is 14.4. The van der Waals surface area contributed by atoms with Crippen LogP contribution in [0.2, 0.25) is 0 Å². The molecule has 156 valence electrons. The number of amides is 1. The van der Waals surface area contributed by atoms with E-state index in [1.807, 2.05) is 29.7 Å². The highest BCUT2D eigenvalue weighted by Crippen LogP contribution is 2.37. The van der Waals surface area contributed by atoms with Gasteiger partial charge in [-0.05, 0) is 55.7 Å². The minimum absolute atomic E-state index is 0.116. The van der Waals surface area contributed by atoms with Crippen molar-refractivity contribution in [3.8, 4) is 11.4 Å². The Bertz CT molecular complexity index is 1070. The quantitative estimate of drug-likeness (QED) is 0.432. The van der Waals surface area contributed by atoms with Gasteiger partial charge in [0.25, 0.3) is 0 Å². The van der Waals surface area contributed by atoms with Crippen LogP contribution in [0.25, 0.3) is 11.4 Å². The summed E-state index contributed by atoms with van der Waals surface area (Å²) in [6, 6.07) is 12.5. The number of nitrogens with one attached hydrogen (secondary N) is 1. The molecule has 1 aromatic heterocycles. The van der Waals surface area contributed by atoms with E-state index < -0.39 is 0 Å². The number of benzene rings is 2. The fourth-order valence-corrected chi connectivity index (χ4v) is 4.80. The molecule has 0 atom stereocenters. The van der Waals surface area contributed by atoms with Gasteiger partial charge in [-0.15, -0.1) is 10.2 Å². The number of carbonyl (C=O) groups excluding carboxylic acids is 1. The molecule has 0 spiro atoms. The van der Waals surface area contributed by atoms with Gasteiger partial charge in [0.05, 0.1) is 11.3 Å². The fourth-order valence-electron chi connectivity index (χ4n) is 3.74. The van der Waals surface area contributed by atoms with Crippen molar-refractivity contribution in [2.24, 2.45) is 0 Å². The second-order valence-corrected chi connectivity index (χ2v) is 9.19. The molecule has 1 heterocycles. The molecule has 4 rings (SSSR count). The van der Waals surface area contributed by atoms with E-state index in [1.165, 1.54) is 17.8 Å². The molecule has 5 nitrogen and oxygen atoms in total. The van der Waals surface area contributed by atoms with Crippen LogP contribution in [0.5, 0.6) is 0 Å². The molecule has 0 aliphatic heterocycles. The Kier molecular flexibility index (Phi) is 6.53. The zero-order valence-electron chi connectivity index (χ0n) is 16.6. The Morgan fingerprint density at radius 1 is 1.23 bits per heavy atom. The third-order valence-electron chi connectivity index (χ3n) is 5.24. The first-order valence-corrected chi connectivity index (χ1v) is 11.7. The molecule has 1 saturated carbocycles. The zero-order chi connectivity index (χ0) is 21.1. The van der Waals surface area contributed by atoms with E-state index in [0.29, 0.717) is 16.5 Å². The average molecular weight is 489 g/mol. The minimum atomic E-state index is -0.316. The van der Waals surface area contributed by atoms with Gasteiger partial charge < -0.3 is 5.32 Å². The number of rotatable bonds is 6. The molecule has 1 amide bonds. The number of aromatic nitrogens is 3. The molecule has 0 radical (unpaired) electrons. The number of halogens is 2. The Balaban J connectivity index is 1.53. The van der Waals surface area contributed by atoms with E-state index in [2.05, 4.69) is 31.4 Å². The fraction of sp³-hybridized carbons (Fsp3) is 0.318. The summed E-state index contributed by atoms with van der Waals surface area (Å²) in [5.41, 5.74) is 2.25. The highest BCUT2D eigenvalue weighted by atomic mass is 79.9. The molecule has 1 aliphatic carbocycles. The molecule has 1 fully saturated rings. The SMILES string of the molecule is Cc1cc(NC(=O)CSc2nnc(-c3ccccc3F)n2C2CCCC2)ccc1Br. The van der Waals surface area contributed by atoms with Crippen LogP contribution >= 0.6 is 27.7 Å². The maximum atomic E-state index is 14.4. The third-order valence-corrected chi connectivity index (χ3v) is 7.08. The summed E-state index contributed by atoms with van der Waals surface area (Å²) in [4.78, 5) is 12.5. The molecule has 0 saturated heterocycles. The summed E-state index contributed by atoms with van der Waals surface area (Å²) >= 11 is 4.80. The number of nitrogens with zero attached hydrogens (tertiary/aromatic N) is 3. The van der Waals surface area contributed by atoms with Crippen molar-refractivity contribution in [3.63, 3.8) is 0 Å². The van der Waals surface area contributed by atoms with Crippen molar-refractivity contribution in [2.45, 2.75) is 43.8 Å². The van der Waals surface area contributed by atoms with Crippen LogP contribution < -0.4 is 5.32 Å². The van der Waals surface area contributed by atoms with Gasteiger partial charge >= 0.3 is 0 Å². The third kappa shape index (κ3) is 4.59. The van der Waals surface area contributed by atoms with Crippen molar-refractivity contribution < 1.29 is 9.18 Å². The maximum Gasteiger partial charge on any atom is 0.234 e. The van der Waals surface area contributed by atoms with E-state index in [1.54, 1.807) is 18.2 Å². The summed E-state index contributed by atoms with van der Waals surface area (Å²) in [5.74, 6) is 0.308. The Morgan fingerprint density at radius 3 is 2.73 bits per heavy atom. The lowest BCUT2D eigenvalue weighted by atomic mass is 10.1. The molecule has 1 aliphatic rings. The van der Waals surface area contributed by atoms with E-state index in [4.69, 9.17) is 0 Å². The average Bonchev–Trinajstić information content (AvgIpc) is 3.39. The highest BCUT2D eigenvalue weighted by Gasteiger charge is 2.26. The Morgan fingerprint density at radius 2 is 2.00 bits per heavy atom. The first-order chi connectivity index (χ1) is 14.5. The van der Waals surface area contributed by atoms with Crippen LogP contribution in [0.3, 0.4) is 0 Å². The first kappa shape index (κ1) is 21.1. The number of hydrogen-bond acceptors (Lipinski definition) is 4. The second-order valence-electron chi connectivity index (χ2n) is 7.40. The van der Waals surface area contributed by atoms with Crippen LogP contribution in [0, 0.1) is 12.7 Å². The van der Waals surface area contributed by atoms with Gasteiger partial charge in [-0.25, -0.2) is 4.39 Å². The van der Waals surface area contributed by atoms with Crippen molar-refractivity contribution >= 4 is 39.3 Å². The van der Waals surface area contributed by atoms with Crippen LogP contribution in [0.15, 0.2) is 52.1 Å². The van der Waals surface area contributed by atoms with Crippen molar-refractivity contribution in [1.29, 1.82) is 0 Å². The minimum Gasteiger partial charge on any atom is -0.325 e. The van der Waals surface area contributed by atoms with Crippen molar-refractivity contribution in [2.75, 3.05) is 11.1 Å². The second kappa shape index (κ2) is 9.31. The molecule has 0 unspecified atom stereocenters. The summed E-state index contributed by atoms with van der Waals surface area (Å²) < 4.78 is 17.4. The predicted octanol–water partition coefficient (Wildman–Crippen LogP) is 6.00. The van der Waals surface area contributed by atoms with Crippen molar-refractivity contribution in [1.82, 2.24) is 14.8 Å². The number of hydrogen-bond donors (Lipinski definition) is 1. The van der Waals surface area contributed by atoms with E-state index in [0.717, 1.165) is 41.4 Å². The van der Waals surface area contributed by atoms with Gasteiger partial charge in [0, 0.05) is 16.2 Å². The molecule has 2 aromatic carbocycles. The summed E-state index contributed by atoms with van der Waals surface area (Å²) in [6.45, 7) is 1.98. The molecule has 0 bridgehead atoms. The van der Waals surface area contributed by atoms with E-state index in [-0.39, 0.29) is 23.5 Å². The van der Waals surface area contributed by atoms with Gasteiger partial charge in [-0.3, -0.25) is 9.36 Å². The van der Waals surface area contributed by atoms with Crippen LogP contribution in [0.4, 0.5) is 10.1 Å². The topological polar surface area (TPSA) is 59.8 Å². The van der Waals surface area contributed by atoms with E-state index >= 15 is 0 Å². The molecule has 3 aromatic rings. The van der Waals surface area contributed by atoms with Crippen LogP contribution in [-0.4, -0.2) is 26.4 Å². The van der Waals surface area contributed by atoms with E-state index in [9.17, 15) is 9.18 Å². The first-order valence-electron chi connectivity index (χ1n) is 9.91. The van der Waals surface area contributed by atoms with Gasteiger partial charge in [-0.2, -0.15) is 0 Å². The predicted molar refractivity (Wildman–Crippen MR) is 121 cm³/mol. The monoisotopic (exact) mass is 488 g/mol. The molecule has 30 heavy (non-hydrogen) atoms. The molecular weight excluding hydrogens is 467 g/mol. The molecular formula is C22H22BrFN4OS. The Hall–Kier alpha value is -2.19. The van der Waals surface area contributed by atoms with Gasteiger partial charge in [-0.1, -0.05) is 52.7 Å². The number of carbonyl (C=O) groups is 1. The summed E-state index contributed by atoms with van der Waals surface area (Å²) in [7, 11) is 0. The normalized spacial score (nSPS) is 14.2. The van der Waals surface area contributed by atoms with Gasteiger partial charge in [0.15, 0.2) is 11.0 Å². The van der Waals surface area contributed by atoms with Crippen LogP contribution in [0.1, 0.15) is 37.3 Å². The largest absolute Gasteiger partial charge is 0.325 e. The summed E-state index contributed by atoms with van der Waals surface area (Å²) in [5, 5.41) is 12.2. The van der Waals surface area contributed by atoms with Crippen LogP contribution in [-0.2, 0) is 4.79 Å². The lowest BCUT2D eigenvalue weighted by Gasteiger charge is -2.17. The zero-order valence-corrected chi connectivity index (χ0v) is 19.0. The van der Waals surface area contributed by atoms with Gasteiger partial charge in [0.1, 0.15) is 5.82 Å². The lowest BCUT2D eigenvalue weighted by Crippen LogP contribution is -2.15. The lowest BCUT2D eigenvalue weighted by molar-refractivity contribution is -0.113. The molecule has 1 N–H and O–H groups in total. The molecule has 8 heteroatoms. The number of thioether (sulfide) groups is 1. The number of aryl methyl sites for hydroxylation is 1.